The summed E-state index contributed by atoms with van der Waals surface area (Å²) in [6, 6.07) is 0. The molecule has 0 bridgehead atoms. The number of rotatable bonds is 0. The van der Waals surface area contributed by atoms with E-state index in [0.29, 0.717) is 19.1 Å². The van der Waals surface area contributed by atoms with Gasteiger partial charge in [-0.1, -0.05) is 6.92 Å². The molecule has 1 atom stereocenters. The van der Waals surface area contributed by atoms with Gasteiger partial charge in [0.25, 0.3) is 5.97 Å². The summed E-state index contributed by atoms with van der Waals surface area (Å²) < 4.78 is 16.4. The van der Waals surface area contributed by atoms with E-state index >= 15 is 0 Å². The molecule has 0 aromatic heterocycles. The molecule has 2 heterocycles. The predicted octanol–water partition coefficient (Wildman–Crippen LogP) is 1.13. The summed E-state index contributed by atoms with van der Waals surface area (Å²) in [5.41, 5.74) is 0. The molecule has 11 heavy (non-hydrogen) atoms. The van der Waals surface area contributed by atoms with Crippen LogP contribution in [-0.2, 0) is 14.2 Å². The minimum absolute atomic E-state index is 0.374. The summed E-state index contributed by atoms with van der Waals surface area (Å²) in [5.74, 6) is -0.295. The van der Waals surface area contributed by atoms with Crippen molar-refractivity contribution in [3.05, 3.63) is 0 Å². The smallest absolute Gasteiger partial charge is 0.285 e. The normalized spacial score (nSPS) is 36.3. The SMILES string of the molecule is CC1CCCOC12OCCO2. The Balaban J connectivity index is 2.07. The van der Waals surface area contributed by atoms with E-state index in [4.69, 9.17) is 14.2 Å². The predicted molar refractivity (Wildman–Crippen MR) is 39.0 cm³/mol. The lowest BCUT2D eigenvalue weighted by atomic mass is 10.0. The minimum Gasteiger partial charge on any atom is -0.327 e. The van der Waals surface area contributed by atoms with Crippen LogP contribution >= 0.6 is 0 Å². The monoisotopic (exact) mass is 158 g/mol. The molecule has 0 saturated carbocycles. The van der Waals surface area contributed by atoms with Gasteiger partial charge in [-0.15, -0.1) is 0 Å². The fourth-order valence-electron chi connectivity index (χ4n) is 1.70. The molecule has 0 radical (unpaired) electrons. The third-order valence-electron chi connectivity index (χ3n) is 2.38. The highest BCUT2D eigenvalue weighted by Gasteiger charge is 2.45. The first kappa shape index (κ1) is 7.53. The number of ether oxygens (including phenoxy) is 3. The third kappa shape index (κ3) is 1.17. The van der Waals surface area contributed by atoms with Crippen molar-refractivity contribution in [3.63, 3.8) is 0 Å². The molecule has 1 unspecified atom stereocenters. The largest absolute Gasteiger partial charge is 0.327 e. The van der Waals surface area contributed by atoms with Crippen molar-refractivity contribution in [3.8, 4) is 0 Å². The van der Waals surface area contributed by atoms with Crippen molar-refractivity contribution in [2.75, 3.05) is 19.8 Å². The van der Waals surface area contributed by atoms with E-state index in [-0.39, 0.29) is 0 Å². The number of hydrogen-bond acceptors (Lipinski definition) is 3. The molecule has 2 aliphatic rings. The van der Waals surface area contributed by atoms with E-state index in [1.807, 2.05) is 0 Å². The van der Waals surface area contributed by atoms with Gasteiger partial charge >= 0.3 is 0 Å². The van der Waals surface area contributed by atoms with Crippen LogP contribution in [-0.4, -0.2) is 25.8 Å². The Hall–Kier alpha value is -0.120. The molecule has 3 heteroatoms. The Bertz CT molecular complexity index is 140. The maximum atomic E-state index is 5.49. The number of hydrogen-bond donors (Lipinski definition) is 0. The second-order valence-electron chi connectivity index (χ2n) is 3.19. The fourth-order valence-corrected chi connectivity index (χ4v) is 1.70. The molecule has 2 saturated heterocycles. The highest BCUT2D eigenvalue weighted by Crippen LogP contribution is 2.35. The Labute approximate surface area is 66.6 Å². The first-order valence-electron chi connectivity index (χ1n) is 4.25. The molecular formula is C8H14O3. The van der Waals surface area contributed by atoms with Crippen molar-refractivity contribution >= 4 is 0 Å². The summed E-state index contributed by atoms with van der Waals surface area (Å²) in [5, 5.41) is 0. The topological polar surface area (TPSA) is 27.7 Å². The first-order valence-corrected chi connectivity index (χ1v) is 4.25. The van der Waals surface area contributed by atoms with Crippen LogP contribution in [0.3, 0.4) is 0 Å². The molecule has 64 valence electrons. The van der Waals surface area contributed by atoms with E-state index in [1.165, 1.54) is 0 Å². The lowest BCUT2D eigenvalue weighted by Crippen LogP contribution is -2.44. The zero-order valence-corrected chi connectivity index (χ0v) is 6.84. The summed E-state index contributed by atoms with van der Waals surface area (Å²) in [4.78, 5) is 0. The van der Waals surface area contributed by atoms with Gasteiger partial charge in [0, 0.05) is 5.92 Å². The van der Waals surface area contributed by atoms with Crippen LogP contribution in [0.4, 0.5) is 0 Å². The van der Waals surface area contributed by atoms with Crippen LogP contribution in [0.2, 0.25) is 0 Å². The van der Waals surface area contributed by atoms with E-state index < -0.39 is 5.97 Å². The summed E-state index contributed by atoms with van der Waals surface area (Å²) in [6.07, 6.45) is 2.26. The maximum absolute atomic E-state index is 5.49. The highest BCUT2D eigenvalue weighted by atomic mass is 16.9. The molecule has 0 amide bonds. The molecule has 0 aliphatic carbocycles. The molecule has 0 aromatic rings. The quantitative estimate of drug-likeness (QED) is 0.529. The van der Waals surface area contributed by atoms with Gasteiger partial charge in [0.2, 0.25) is 0 Å². The minimum atomic E-state index is -0.668. The van der Waals surface area contributed by atoms with Crippen LogP contribution in [0.5, 0.6) is 0 Å². The van der Waals surface area contributed by atoms with Gasteiger partial charge in [0.1, 0.15) is 0 Å². The van der Waals surface area contributed by atoms with Gasteiger partial charge < -0.3 is 14.2 Å². The van der Waals surface area contributed by atoms with Crippen LogP contribution < -0.4 is 0 Å². The molecule has 0 aromatic carbocycles. The van der Waals surface area contributed by atoms with Crippen LogP contribution in [0.25, 0.3) is 0 Å². The molecule has 1 spiro atoms. The zero-order chi connectivity index (χ0) is 7.73. The maximum Gasteiger partial charge on any atom is 0.285 e. The summed E-state index contributed by atoms with van der Waals surface area (Å²) in [7, 11) is 0. The lowest BCUT2D eigenvalue weighted by molar-refractivity contribution is -0.369. The Morgan fingerprint density at radius 2 is 1.73 bits per heavy atom. The summed E-state index contributed by atoms with van der Waals surface area (Å²) in [6.45, 7) is 4.23. The van der Waals surface area contributed by atoms with Gasteiger partial charge in [-0.3, -0.25) is 0 Å². The molecule has 3 nitrogen and oxygen atoms in total. The van der Waals surface area contributed by atoms with Crippen molar-refractivity contribution in [1.29, 1.82) is 0 Å². The standard InChI is InChI=1S/C8H14O3/c1-7-3-2-4-9-8(7)10-5-6-11-8/h7H,2-6H2,1H3. The van der Waals surface area contributed by atoms with Crippen molar-refractivity contribution in [1.82, 2.24) is 0 Å². The van der Waals surface area contributed by atoms with E-state index in [2.05, 4.69) is 6.92 Å². The van der Waals surface area contributed by atoms with E-state index in [1.54, 1.807) is 0 Å². The van der Waals surface area contributed by atoms with Gasteiger partial charge in [0.05, 0.1) is 19.8 Å². The molecular weight excluding hydrogens is 144 g/mol. The second kappa shape index (κ2) is 2.73. The average molecular weight is 158 g/mol. The molecule has 2 rings (SSSR count). The van der Waals surface area contributed by atoms with Gasteiger partial charge in [0.15, 0.2) is 0 Å². The zero-order valence-electron chi connectivity index (χ0n) is 6.84. The first-order chi connectivity index (χ1) is 5.33. The van der Waals surface area contributed by atoms with Crippen LogP contribution in [0.15, 0.2) is 0 Å². The third-order valence-corrected chi connectivity index (χ3v) is 2.38. The fraction of sp³-hybridized carbons (Fsp3) is 1.00. The highest BCUT2D eigenvalue weighted by molar-refractivity contribution is 4.74. The Morgan fingerprint density at radius 3 is 2.36 bits per heavy atom. The van der Waals surface area contributed by atoms with E-state index in [0.717, 1.165) is 19.4 Å². The average Bonchev–Trinajstić information content (AvgIpc) is 2.46. The second-order valence-corrected chi connectivity index (χ2v) is 3.19. The van der Waals surface area contributed by atoms with Gasteiger partial charge in [-0.05, 0) is 12.8 Å². The summed E-state index contributed by atoms with van der Waals surface area (Å²) >= 11 is 0. The lowest BCUT2D eigenvalue weighted by Gasteiger charge is -2.36. The van der Waals surface area contributed by atoms with Crippen molar-refractivity contribution < 1.29 is 14.2 Å². The Morgan fingerprint density at radius 1 is 1.09 bits per heavy atom. The van der Waals surface area contributed by atoms with Gasteiger partial charge in [-0.25, -0.2) is 0 Å². The molecule has 2 aliphatic heterocycles. The molecule has 0 N–H and O–H groups in total. The van der Waals surface area contributed by atoms with Crippen LogP contribution in [0.1, 0.15) is 19.8 Å². The Kier molecular flexibility index (Phi) is 1.87. The van der Waals surface area contributed by atoms with E-state index in [9.17, 15) is 0 Å². The van der Waals surface area contributed by atoms with Crippen LogP contribution in [0, 0.1) is 5.92 Å². The molecule has 2 fully saturated rings. The van der Waals surface area contributed by atoms with Crippen molar-refractivity contribution in [2.45, 2.75) is 25.7 Å². The van der Waals surface area contributed by atoms with Crippen molar-refractivity contribution in [2.24, 2.45) is 5.92 Å². The van der Waals surface area contributed by atoms with Gasteiger partial charge in [-0.2, -0.15) is 0 Å².